The molecular weight excluding hydrogens is 360 g/mol. The molecule has 1 aliphatic rings. The number of carbonyl (C=O) groups excluding carboxylic acids is 1. The molecule has 1 aliphatic heterocycles. The highest BCUT2D eigenvalue weighted by atomic mass is 16.5. The summed E-state index contributed by atoms with van der Waals surface area (Å²) >= 11 is 0. The lowest BCUT2D eigenvalue weighted by Gasteiger charge is -2.16. The fourth-order valence-electron chi connectivity index (χ4n) is 3.58. The second kappa shape index (κ2) is 8.95. The van der Waals surface area contributed by atoms with Gasteiger partial charge in [0.1, 0.15) is 5.82 Å². The van der Waals surface area contributed by atoms with Crippen LogP contribution in [0, 0.1) is 0 Å². The first-order valence-corrected chi connectivity index (χ1v) is 9.72. The van der Waals surface area contributed by atoms with E-state index in [1.54, 1.807) is 29.5 Å². The number of benzene rings is 1. The van der Waals surface area contributed by atoms with Crippen LogP contribution in [0.5, 0.6) is 11.5 Å². The molecule has 0 fully saturated rings. The van der Waals surface area contributed by atoms with E-state index < -0.39 is 0 Å². The summed E-state index contributed by atoms with van der Waals surface area (Å²) in [5.41, 5.74) is 0.813. The molecule has 1 aromatic heterocycles. The van der Waals surface area contributed by atoms with Gasteiger partial charge in [0.25, 0.3) is 0 Å². The van der Waals surface area contributed by atoms with E-state index in [0.29, 0.717) is 31.0 Å². The van der Waals surface area contributed by atoms with Gasteiger partial charge in [-0.05, 0) is 37.0 Å². The summed E-state index contributed by atoms with van der Waals surface area (Å²) in [6.07, 6.45) is 3.34. The lowest BCUT2D eigenvalue weighted by molar-refractivity contribution is -0.121. The standard InChI is InChI=1S/C20H28N4O4/c1-4-10-24-20(26)23-11-9-15(6-8-18(23)22-24)21-19(25)13-14-5-7-16(27-2)17(12-14)28-3/h5,7,12,15H,4,6,8-11,13H2,1-3H3,(H,21,25). The highest BCUT2D eigenvalue weighted by Gasteiger charge is 2.22. The van der Waals surface area contributed by atoms with E-state index in [1.165, 1.54) is 0 Å². The summed E-state index contributed by atoms with van der Waals surface area (Å²) in [7, 11) is 3.16. The highest BCUT2D eigenvalue weighted by molar-refractivity contribution is 5.79. The number of nitrogens with zero attached hydrogens (tertiary/aromatic N) is 3. The zero-order valence-corrected chi connectivity index (χ0v) is 16.7. The van der Waals surface area contributed by atoms with Crippen LogP contribution in [0.4, 0.5) is 0 Å². The summed E-state index contributed by atoms with van der Waals surface area (Å²) in [5.74, 6) is 2.02. The van der Waals surface area contributed by atoms with E-state index in [9.17, 15) is 9.59 Å². The number of nitrogens with one attached hydrogen (secondary N) is 1. The van der Waals surface area contributed by atoms with E-state index in [1.807, 2.05) is 19.1 Å². The fraction of sp³-hybridized carbons (Fsp3) is 0.550. The van der Waals surface area contributed by atoms with Crippen LogP contribution in [0.2, 0.25) is 0 Å². The third-order valence-corrected chi connectivity index (χ3v) is 5.03. The van der Waals surface area contributed by atoms with Gasteiger partial charge in [-0.1, -0.05) is 13.0 Å². The molecule has 0 saturated carbocycles. The number of amides is 1. The summed E-state index contributed by atoms with van der Waals surface area (Å²) in [6.45, 7) is 3.25. The molecule has 152 valence electrons. The van der Waals surface area contributed by atoms with E-state index in [4.69, 9.17) is 9.47 Å². The van der Waals surface area contributed by atoms with E-state index in [2.05, 4.69) is 10.4 Å². The quantitative estimate of drug-likeness (QED) is 0.777. The predicted octanol–water partition coefficient (Wildman–Crippen LogP) is 1.54. The summed E-state index contributed by atoms with van der Waals surface area (Å²) < 4.78 is 13.8. The Hall–Kier alpha value is -2.77. The van der Waals surface area contributed by atoms with Crippen LogP contribution in [0.1, 0.15) is 37.6 Å². The van der Waals surface area contributed by atoms with Crippen LogP contribution in [0.15, 0.2) is 23.0 Å². The Morgan fingerprint density at radius 1 is 1.25 bits per heavy atom. The molecule has 3 rings (SSSR count). The van der Waals surface area contributed by atoms with Gasteiger partial charge in [-0.15, -0.1) is 0 Å². The average Bonchev–Trinajstić information content (AvgIpc) is 2.85. The second-order valence-electron chi connectivity index (χ2n) is 7.03. The van der Waals surface area contributed by atoms with Gasteiger partial charge in [0.05, 0.1) is 20.6 Å². The first-order valence-electron chi connectivity index (χ1n) is 9.72. The van der Waals surface area contributed by atoms with Crippen molar-refractivity contribution < 1.29 is 14.3 Å². The Morgan fingerprint density at radius 3 is 2.75 bits per heavy atom. The normalized spacial score (nSPS) is 16.2. The number of ether oxygens (including phenoxy) is 2. The zero-order chi connectivity index (χ0) is 20.1. The Bertz CT molecular complexity index is 887. The van der Waals surface area contributed by atoms with Crippen molar-refractivity contribution in [2.45, 2.75) is 58.2 Å². The van der Waals surface area contributed by atoms with Gasteiger partial charge in [-0.2, -0.15) is 5.10 Å². The number of aromatic nitrogens is 3. The number of hydrogen-bond donors (Lipinski definition) is 1. The first-order chi connectivity index (χ1) is 13.5. The largest absolute Gasteiger partial charge is 0.493 e. The van der Waals surface area contributed by atoms with E-state index in [0.717, 1.165) is 30.7 Å². The molecule has 2 aromatic rings. The fourth-order valence-corrected chi connectivity index (χ4v) is 3.58. The minimum atomic E-state index is -0.0471. The Labute approximate surface area is 164 Å². The molecule has 0 saturated heterocycles. The number of aryl methyl sites for hydroxylation is 2. The molecule has 0 aliphatic carbocycles. The Morgan fingerprint density at radius 2 is 2.04 bits per heavy atom. The SMILES string of the molecule is CCCn1nc2n(c1=O)CCC(NC(=O)Cc1ccc(OC)c(OC)c1)CC2. The number of rotatable bonds is 7. The minimum absolute atomic E-state index is 0.0355. The van der Waals surface area contributed by atoms with Crippen molar-refractivity contribution in [3.05, 3.63) is 40.1 Å². The van der Waals surface area contributed by atoms with Crippen LogP contribution in [-0.4, -0.2) is 40.5 Å². The summed E-state index contributed by atoms with van der Waals surface area (Å²) in [4.78, 5) is 24.9. The maximum absolute atomic E-state index is 12.5. The second-order valence-corrected chi connectivity index (χ2v) is 7.03. The molecule has 2 heterocycles. The Balaban J connectivity index is 1.59. The van der Waals surface area contributed by atoms with Gasteiger partial charge in [-0.3, -0.25) is 9.36 Å². The minimum Gasteiger partial charge on any atom is -0.493 e. The number of fused-ring (bicyclic) bond motifs is 1. The van der Waals surface area contributed by atoms with Gasteiger partial charge in [-0.25, -0.2) is 9.48 Å². The van der Waals surface area contributed by atoms with E-state index in [-0.39, 0.29) is 24.1 Å². The maximum Gasteiger partial charge on any atom is 0.345 e. The molecule has 1 atom stereocenters. The molecule has 0 bridgehead atoms. The predicted molar refractivity (Wildman–Crippen MR) is 105 cm³/mol. The van der Waals surface area contributed by atoms with Crippen molar-refractivity contribution in [1.82, 2.24) is 19.7 Å². The van der Waals surface area contributed by atoms with Crippen molar-refractivity contribution in [3.63, 3.8) is 0 Å². The van der Waals surface area contributed by atoms with Crippen molar-refractivity contribution >= 4 is 5.91 Å². The van der Waals surface area contributed by atoms with Crippen LogP contribution in [-0.2, 0) is 30.7 Å². The van der Waals surface area contributed by atoms with Gasteiger partial charge in [0, 0.05) is 25.6 Å². The monoisotopic (exact) mass is 388 g/mol. The van der Waals surface area contributed by atoms with Gasteiger partial charge >= 0.3 is 5.69 Å². The van der Waals surface area contributed by atoms with Crippen LogP contribution in [0.25, 0.3) is 0 Å². The number of methoxy groups -OCH3 is 2. The van der Waals surface area contributed by atoms with Crippen LogP contribution < -0.4 is 20.5 Å². The highest BCUT2D eigenvalue weighted by Crippen LogP contribution is 2.27. The van der Waals surface area contributed by atoms with Crippen LogP contribution in [0.3, 0.4) is 0 Å². The first kappa shape index (κ1) is 20.0. The molecule has 1 N–H and O–H groups in total. The molecular formula is C20H28N4O4. The van der Waals surface area contributed by atoms with E-state index >= 15 is 0 Å². The van der Waals surface area contributed by atoms with Crippen molar-refractivity contribution in [1.29, 1.82) is 0 Å². The van der Waals surface area contributed by atoms with Gasteiger partial charge in [0.15, 0.2) is 11.5 Å². The van der Waals surface area contributed by atoms with Gasteiger partial charge < -0.3 is 14.8 Å². The molecule has 8 nitrogen and oxygen atoms in total. The van der Waals surface area contributed by atoms with Crippen molar-refractivity contribution in [2.75, 3.05) is 14.2 Å². The number of carbonyl (C=O) groups is 1. The third kappa shape index (κ3) is 4.37. The molecule has 1 unspecified atom stereocenters. The summed E-state index contributed by atoms with van der Waals surface area (Å²) in [5, 5.41) is 7.54. The molecule has 0 radical (unpaired) electrons. The zero-order valence-electron chi connectivity index (χ0n) is 16.7. The lowest BCUT2D eigenvalue weighted by Crippen LogP contribution is -2.36. The molecule has 0 spiro atoms. The number of hydrogen-bond acceptors (Lipinski definition) is 5. The van der Waals surface area contributed by atoms with Crippen molar-refractivity contribution in [2.24, 2.45) is 0 Å². The smallest absolute Gasteiger partial charge is 0.345 e. The lowest BCUT2D eigenvalue weighted by atomic mass is 10.1. The van der Waals surface area contributed by atoms with Crippen LogP contribution >= 0.6 is 0 Å². The molecule has 28 heavy (non-hydrogen) atoms. The molecule has 1 aromatic carbocycles. The topological polar surface area (TPSA) is 87.4 Å². The third-order valence-electron chi connectivity index (χ3n) is 5.03. The summed E-state index contributed by atoms with van der Waals surface area (Å²) in [6, 6.07) is 5.51. The maximum atomic E-state index is 12.5. The average molecular weight is 388 g/mol. The molecule has 8 heteroatoms. The molecule has 1 amide bonds. The van der Waals surface area contributed by atoms with Crippen molar-refractivity contribution in [3.8, 4) is 11.5 Å². The van der Waals surface area contributed by atoms with Gasteiger partial charge in [0.2, 0.25) is 5.91 Å². The Kier molecular flexibility index (Phi) is 6.38.